The fraction of sp³-hybridized carbons (Fsp3) is 0.462. The van der Waals surface area contributed by atoms with Crippen LogP contribution in [0.5, 0.6) is 11.5 Å². The molecular weight excluding hydrogens is 232 g/mol. The molecule has 0 aromatic heterocycles. The Bertz CT molecular complexity index is 406. The van der Waals surface area contributed by atoms with Gasteiger partial charge < -0.3 is 20.1 Å². The molecule has 2 N–H and O–H groups in total. The van der Waals surface area contributed by atoms with Gasteiger partial charge in [-0.25, -0.2) is 0 Å². The van der Waals surface area contributed by atoms with Crippen LogP contribution in [-0.4, -0.2) is 39.3 Å². The van der Waals surface area contributed by atoms with Gasteiger partial charge in [0.1, 0.15) is 11.5 Å². The highest BCUT2D eigenvalue weighted by Crippen LogP contribution is 2.22. The van der Waals surface area contributed by atoms with E-state index in [0.29, 0.717) is 17.1 Å². The molecule has 1 heterocycles. The van der Waals surface area contributed by atoms with Crippen LogP contribution in [0.3, 0.4) is 0 Å². The molecule has 1 aliphatic rings. The van der Waals surface area contributed by atoms with Gasteiger partial charge in [0, 0.05) is 24.2 Å². The average Bonchev–Trinajstić information content (AvgIpc) is 2.90. The first-order valence-electron chi connectivity index (χ1n) is 5.97. The zero-order chi connectivity index (χ0) is 13.0. The van der Waals surface area contributed by atoms with Crippen LogP contribution in [0, 0.1) is 0 Å². The van der Waals surface area contributed by atoms with Crippen LogP contribution in [0.1, 0.15) is 16.8 Å². The first kappa shape index (κ1) is 12.7. The zero-order valence-corrected chi connectivity index (χ0v) is 10.7. The molecule has 1 amide bonds. The van der Waals surface area contributed by atoms with Gasteiger partial charge in [-0.2, -0.15) is 0 Å². The molecule has 1 atom stereocenters. The van der Waals surface area contributed by atoms with Crippen molar-refractivity contribution in [1.29, 1.82) is 0 Å². The van der Waals surface area contributed by atoms with E-state index in [1.54, 1.807) is 32.4 Å². The summed E-state index contributed by atoms with van der Waals surface area (Å²) < 4.78 is 10.3. The molecule has 2 rings (SSSR count). The molecule has 0 saturated carbocycles. The second-order valence-electron chi connectivity index (χ2n) is 4.26. The minimum absolute atomic E-state index is 0.0964. The summed E-state index contributed by atoms with van der Waals surface area (Å²) in [6.07, 6.45) is 0.965. The summed E-state index contributed by atoms with van der Waals surface area (Å²) in [6.45, 7) is 1.78. The minimum atomic E-state index is -0.0964. The molecule has 1 aromatic rings. The van der Waals surface area contributed by atoms with Crippen molar-refractivity contribution in [2.75, 3.05) is 27.3 Å². The normalized spacial score (nSPS) is 18.4. The number of carbonyl (C=O) groups is 1. The smallest absolute Gasteiger partial charge is 0.251 e. The van der Waals surface area contributed by atoms with E-state index < -0.39 is 0 Å². The van der Waals surface area contributed by atoms with E-state index in [9.17, 15) is 4.79 Å². The predicted molar refractivity (Wildman–Crippen MR) is 68.3 cm³/mol. The van der Waals surface area contributed by atoms with Gasteiger partial charge in [-0.15, -0.1) is 0 Å². The third kappa shape index (κ3) is 2.92. The van der Waals surface area contributed by atoms with Crippen LogP contribution < -0.4 is 20.1 Å². The molecule has 1 aromatic carbocycles. The van der Waals surface area contributed by atoms with E-state index in [0.717, 1.165) is 19.5 Å². The molecule has 0 spiro atoms. The lowest BCUT2D eigenvalue weighted by Crippen LogP contribution is -2.36. The summed E-state index contributed by atoms with van der Waals surface area (Å²) in [6, 6.07) is 5.36. The molecule has 0 radical (unpaired) electrons. The molecular formula is C13H18N2O3. The summed E-state index contributed by atoms with van der Waals surface area (Å²) in [5.74, 6) is 1.13. The lowest BCUT2D eigenvalue weighted by molar-refractivity contribution is 0.0939. The van der Waals surface area contributed by atoms with Gasteiger partial charge in [0.2, 0.25) is 0 Å². The summed E-state index contributed by atoms with van der Waals surface area (Å²) in [5, 5.41) is 6.20. The number of methoxy groups -OCH3 is 2. The van der Waals surface area contributed by atoms with Crippen molar-refractivity contribution in [1.82, 2.24) is 10.6 Å². The Hall–Kier alpha value is -1.75. The van der Waals surface area contributed by atoms with Crippen molar-refractivity contribution in [3.63, 3.8) is 0 Å². The predicted octanol–water partition coefficient (Wildman–Crippen LogP) is 0.795. The maximum atomic E-state index is 12.1. The van der Waals surface area contributed by atoms with Crippen LogP contribution in [0.4, 0.5) is 0 Å². The molecule has 98 valence electrons. The van der Waals surface area contributed by atoms with Crippen molar-refractivity contribution in [3.8, 4) is 11.5 Å². The van der Waals surface area contributed by atoms with Crippen LogP contribution >= 0.6 is 0 Å². The Balaban J connectivity index is 2.12. The van der Waals surface area contributed by atoms with Crippen molar-refractivity contribution in [3.05, 3.63) is 23.8 Å². The number of amides is 1. The lowest BCUT2D eigenvalue weighted by atomic mass is 10.1. The van der Waals surface area contributed by atoms with E-state index in [1.165, 1.54) is 0 Å². The Labute approximate surface area is 106 Å². The second kappa shape index (κ2) is 5.73. The Morgan fingerprint density at radius 3 is 2.44 bits per heavy atom. The quantitative estimate of drug-likeness (QED) is 0.829. The van der Waals surface area contributed by atoms with E-state index in [-0.39, 0.29) is 11.9 Å². The molecule has 1 aliphatic heterocycles. The van der Waals surface area contributed by atoms with Crippen LogP contribution in [-0.2, 0) is 0 Å². The van der Waals surface area contributed by atoms with E-state index in [4.69, 9.17) is 9.47 Å². The SMILES string of the molecule is COc1cc(OC)cc(C(=O)NC2CCNC2)c1. The maximum absolute atomic E-state index is 12.1. The van der Waals surface area contributed by atoms with Gasteiger partial charge in [0.05, 0.1) is 14.2 Å². The molecule has 1 unspecified atom stereocenters. The second-order valence-corrected chi connectivity index (χ2v) is 4.26. The van der Waals surface area contributed by atoms with Gasteiger partial charge in [-0.05, 0) is 25.1 Å². The third-order valence-electron chi connectivity index (χ3n) is 3.01. The number of nitrogens with one attached hydrogen (secondary N) is 2. The zero-order valence-electron chi connectivity index (χ0n) is 10.7. The number of hydrogen-bond donors (Lipinski definition) is 2. The largest absolute Gasteiger partial charge is 0.497 e. The Morgan fingerprint density at radius 1 is 1.28 bits per heavy atom. The van der Waals surface area contributed by atoms with E-state index in [2.05, 4.69) is 10.6 Å². The molecule has 5 nitrogen and oxygen atoms in total. The van der Waals surface area contributed by atoms with Crippen LogP contribution in [0.25, 0.3) is 0 Å². The monoisotopic (exact) mass is 250 g/mol. The number of rotatable bonds is 4. The maximum Gasteiger partial charge on any atom is 0.251 e. The molecule has 0 aliphatic carbocycles. The van der Waals surface area contributed by atoms with Crippen molar-refractivity contribution in [2.45, 2.75) is 12.5 Å². The Morgan fingerprint density at radius 2 is 1.94 bits per heavy atom. The van der Waals surface area contributed by atoms with Crippen molar-refractivity contribution < 1.29 is 14.3 Å². The number of carbonyl (C=O) groups excluding carboxylic acids is 1. The fourth-order valence-corrected chi connectivity index (χ4v) is 1.99. The highest BCUT2D eigenvalue weighted by atomic mass is 16.5. The number of ether oxygens (including phenoxy) is 2. The number of benzene rings is 1. The molecule has 5 heteroatoms. The molecule has 18 heavy (non-hydrogen) atoms. The van der Waals surface area contributed by atoms with Crippen LogP contribution in [0.2, 0.25) is 0 Å². The van der Waals surface area contributed by atoms with Crippen LogP contribution in [0.15, 0.2) is 18.2 Å². The first-order chi connectivity index (χ1) is 8.72. The third-order valence-corrected chi connectivity index (χ3v) is 3.01. The van der Waals surface area contributed by atoms with Crippen molar-refractivity contribution in [2.24, 2.45) is 0 Å². The van der Waals surface area contributed by atoms with Gasteiger partial charge >= 0.3 is 0 Å². The van der Waals surface area contributed by atoms with Gasteiger partial charge in [0.25, 0.3) is 5.91 Å². The standard InChI is InChI=1S/C13H18N2O3/c1-17-11-5-9(6-12(7-11)18-2)13(16)15-10-3-4-14-8-10/h5-7,10,14H,3-4,8H2,1-2H3,(H,15,16). The van der Waals surface area contributed by atoms with Gasteiger partial charge in [0.15, 0.2) is 0 Å². The lowest BCUT2D eigenvalue weighted by Gasteiger charge is -2.13. The van der Waals surface area contributed by atoms with Gasteiger partial charge in [-0.3, -0.25) is 4.79 Å². The summed E-state index contributed by atoms with van der Waals surface area (Å²) in [5.41, 5.74) is 0.554. The van der Waals surface area contributed by atoms with E-state index >= 15 is 0 Å². The van der Waals surface area contributed by atoms with E-state index in [1.807, 2.05) is 0 Å². The number of hydrogen-bond acceptors (Lipinski definition) is 4. The highest BCUT2D eigenvalue weighted by Gasteiger charge is 2.18. The van der Waals surface area contributed by atoms with Gasteiger partial charge in [-0.1, -0.05) is 0 Å². The summed E-state index contributed by atoms with van der Waals surface area (Å²) >= 11 is 0. The summed E-state index contributed by atoms with van der Waals surface area (Å²) in [7, 11) is 3.13. The van der Waals surface area contributed by atoms with Crippen molar-refractivity contribution >= 4 is 5.91 Å². The molecule has 0 bridgehead atoms. The first-order valence-corrected chi connectivity index (χ1v) is 5.97. The highest BCUT2D eigenvalue weighted by molar-refractivity contribution is 5.95. The average molecular weight is 250 g/mol. The minimum Gasteiger partial charge on any atom is -0.497 e. The fourth-order valence-electron chi connectivity index (χ4n) is 1.99. The summed E-state index contributed by atoms with van der Waals surface area (Å²) in [4.78, 5) is 12.1. The molecule has 1 saturated heterocycles. The Kier molecular flexibility index (Phi) is 4.04. The topological polar surface area (TPSA) is 59.6 Å². The molecule has 1 fully saturated rings.